The zero-order chi connectivity index (χ0) is 24.3. The van der Waals surface area contributed by atoms with Gasteiger partial charge in [-0.25, -0.2) is 0 Å². The molecular weight excluding hydrogens is 467 g/mol. The number of carbonyl (C=O) groups is 2. The summed E-state index contributed by atoms with van der Waals surface area (Å²) in [4.78, 5) is 28.7. The van der Waals surface area contributed by atoms with Crippen LogP contribution in [0.2, 0.25) is 10.0 Å². The number of halogens is 2. The topological polar surface area (TPSA) is 49.4 Å². The summed E-state index contributed by atoms with van der Waals surface area (Å²) in [5, 5.41) is 3.98. The average molecular weight is 497 g/mol. The molecule has 0 radical (unpaired) electrons. The molecule has 0 unspecified atom stereocenters. The number of carbonyl (C=O) groups excluding carboxylic acids is 2. The third-order valence-corrected chi connectivity index (χ3v) is 6.24. The third kappa shape index (κ3) is 7.61. The van der Waals surface area contributed by atoms with Crippen molar-refractivity contribution in [3.05, 3.63) is 106 Å². The van der Waals surface area contributed by atoms with Crippen LogP contribution in [0.25, 0.3) is 0 Å². The highest BCUT2D eigenvalue weighted by atomic mass is 35.5. The zero-order valence-electron chi connectivity index (χ0n) is 19.3. The highest BCUT2D eigenvalue weighted by molar-refractivity contribution is 6.35. The largest absolute Gasteiger partial charge is 0.354 e. The number of rotatable bonds is 11. The maximum Gasteiger partial charge on any atom is 0.243 e. The molecular formula is C28H30Cl2N2O2. The van der Waals surface area contributed by atoms with Gasteiger partial charge >= 0.3 is 0 Å². The first-order valence-corrected chi connectivity index (χ1v) is 12.3. The molecule has 0 bridgehead atoms. The number of benzene rings is 3. The molecule has 0 saturated carbocycles. The van der Waals surface area contributed by atoms with E-state index in [4.69, 9.17) is 23.2 Å². The van der Waals surface area contributed by atoms with E-state index in [1.807, 2.05) is 60.7 Å². The van der Waals surface area contributed by atoms with E-state index in [9.17, 15) is 9.59 Å². The van der Waals surface area contributed by atoms with Crippen LogP contribution in [-0.4, -0.2) is 29.3 Å². The summed E-state index contributed by atoms with van der Waals surface area (Å²) >= 11 is 12.4. The second-order valence-electron chi connectivity index (χ2n) is 8.27. The number of nitrogens with one attached hydrogen (secondary N) is 1. The van der Waals surface area contributed by atoms with Gasteiger partial charge in [0, 0.05) is 29.6 Å². The predicted octanol–water partition coefficient (Wildman–Crippen LogP) is 6.09. The van der Waals surface area contributed by atoms with Crippen LogP contribution in [-0.2, 0) is 29.0 Å². The molecule has 1 N–H and O–H groups in total. The van der Waals surface area contributed by atoms with Crippen LogP contribution in [0.15, 0.2) is 78.9 Å². The van der Waals surface area contributed by atoms with Gasteiger partial charge in [0.05, 0.1) is 6.42 Å². The van der Waals surface area contributed by atoms with E-state index in [1.165, 1.54) is 0 Å². The summed E-state index contributed by atoms with van der Waals surface area (Å²) in [5.74, 6) is -0.316. The highest BCUT2D eigenvalue weighted by Gasteiger charge is 2.30. The number of amides is 2. The van der Waals surface area contributed by atoms with Gasteiger partial charge in [-0.3, -0.25) is 9.59 Å². The Hall–Kier alpha value is -2.82. The maximum atomic E-state index is 13.7. The van der Waals surface area contributed by atoms with Crippen LogP contribution in [0.5, 0.6) is 0 Å². The molecule has 178 valence electrons. The molecule has 0 aromatic heterocycles. The molecule has 3 aromatic rings. The first-order chi connectivity index (χ1) is 16.5. The van der Waals surface area contributed by atoms with Crippen molar-refractivity contribution >= 4 is 35.0 Å². The SMILES string of the molecule is CCCCNC(=O)[C@@H](Cc1ccccc1)N(Cc1ccccc1)C(=O)Cc1ccc(Cl)cc1Cl. The summed E-state index contributed by atoms with van der Waals surface area (Å²) < 4.78 is 0. The van der Waals surface area contributed by atoms with Crippen LogP contribution in [0.4, 0.5) is 0 Å². The van der Waals surface area contributed by atoms with Gasteiger partial charge in [0.15, 0.2) is 0 Å². The molecule has 2 amide bonds. The van der Waals surface area contributed by atoms with Crippen LogP contribution in [0, 0.1) is 0 Å². The number of nitrogens with zero attached hydrogens (tertiary/aromatic N) is 1. The Morgan fingerprint density at radius 1 is 0.912 bits per heavy atom. The summed E-state index contributed by atoms with van der Waals surface area (Å²) in [5.41, 5.74) is 2.63. The zero-order valence-corrected chi connectivity index (χ0v) is 20.9. The van der Waals surface area contributed by atoms with E-state index in [2.05, 4.69) is 12.2 Å². The minimum atomic E-state index is -0.655. The molecule has 6 heteroatoms. The summed E-state index contributed by atoms with van der Waals surface area (Å²) in [7, 11) is 0. The van der Waals surface area contributed by atoms with Crippen LogP contribution in [0.1, 0.15) is 36.5 Å². The Kier molecular flexibility index (Phi) is 9.99. The Bertz CT molecular complexity index is 1070. The monoisotopic (exact) mass is 496 g/mol. The first-order valence-electron chi connectivity index (χ1n) is 11.6. The minimum Gasteiger partial charge on any atom is -0.354 e. The first kappa shape index (κ1) is 25.8. The number of hydrogen-bond donors (Lipinski definition) is 1. The lowest BCUT2D eigenvalue weighted by atomic mass is 10.0. The Labute approximate surface area is 211 Å². The van der Waals surface area contributed by atoms with Gasteiger partial charge in [-0.1, -0.05) is 103 Å². The molecule has 0 heterocycles. The molecule has 3 rings (SSSR count). The molecule has 1 atom stereocenters. The fourth-order valence-electron chi connectivity index (χ4n) is 3.77. The van der Waals surface area contributed by atoms with Crippen molar-refractivity contribution in [2.24, 2.45) is 0 Å². The van der Waals surface area contributed by atoms with Crippen LogP contribution >= 0.6 is 23.2 Å². The van der Waals surface area contributed by atoms with Crippen molar-refractivity contribution in [1.29, 1.82) is 0 Å². The fraction of sp³-hybridized carbons (Fsp3) is 0.286. The Morgan fingerprint density at radius 2 is 1.56 bits per heavy atom. The Morgan fingerprint density at radius 3 is 2.18 bits per heavy atom. The minimum absolute atomic E-state index is 0.0797. The van der Waals surface area contributed by atoms with Crippen LogP contribution in [0.3, 0.4) is 0 Å². The van der Waals surface area contributed by atoms with Gasteiger partial charge in [0.1, 0.15) is 6.04 Å². The molecule has 0 saturated heterocycles. The molecule has 4 nitrogen and oxygen atoms in total. The molecule has 0 aliphatic carbocycles. The van der Waals surface area contributed by atoms with E-state index in [0.717, 1.165) is 24.0 Å². The van der Waals surface area contributed by atoms with Crippen molar-refractivity contribution in [2.45, 2.75) is 45.2 Å². The smallest absolute Gasteiger partial charge is 0.243 e. The van der Waals surface area contributed by atoms with Gasteiger partial charge in [-0.05, 0) is 35.2 Å². The van der Waals surface area contributed by atoms with Gasteiger partial charge in [-0.2, -0.15) is 0 Å². The van der Waals surface area contributed by atoms with Crippen molar-refractivity contribution in [1.82, 2.24) is 10.2 Å². The van der Waals surface area contributed by atoms with Gasteiger partial charge in [0.2, 0.25) is 11.8 Å². The van der Waals surface area contributed by atoms with Gasteiger partial charge in [0.25, 0.3) is 0 Å². The predicted molar refractivity (Wildman–Crippen MR) is 139 cm³/mol. The highest BCUT2D eigenvalue weighted by Crippen LogP contribution is 2.23. The summed E-state index contributed by atoms with van der Waals surface area (Å²) in [6.45, 7) is 2.98. The lowest BCUT2D eigenvalue weighted by Crippen LogP contribution is -2.51. The average Bonchev–Trinajstić information content (AvgIpc) is 2.84. The van der Waals surface area contributed by atoms with Gasteiger partial charge < -0.3 is 10.2 Å². The van der Waals surface area contributed by atoms with E-state index < -0.39 is 6.04 Å². The second kappa shape index (κ2) is 13.2. The quantitative estimate of drug-likeness (QED) is 0.326. The van der Waals surface area contributed by atoms with Crippen molar-refractivity contribution in [3.63, 3.8) is 0 Å². The van der Waals surface area contributed by atoms with Crippen molar-refractivity contribution in [2.75, 3.05) is 6.54 Å². The third-order valence-electron chi connectivity index (χ3n) is 5.65. The van der Waals surface area contributed by atoms with Crippen molar-refractivity contribution < 1.29 is 9.59 Å². The molecule has 0 aliphatic heterocycles. The Balaban J connectivity index is 1.93. The standard InChI is InChI=1S/C28H30Cl2N2O2/c1-2-3-16-31-28(34)26(17-21-10-6-4-7-11-21)32(20-22-12-8-5-9-13-22)27(33)18-23-14-15-24(29)19-25(23)30/h4-15,19,26H,2-3,16-18,20H2,1H3,(H,31,34)/t26-/m1/s1. The summed E-state index contributed by atoms with van der Waals surface area (Å²) in [6.07, 6.45) is 2.37. The summed E-state index contributed by atoms with van der Waals surface area (Å²) in [6, 6.07) is 24.0. The van der Waals surface area contributed by atoms with E-state index >= 15 is 0 Å². The molecule has 34 heavy (non-hydrogen) atoms. The van der Waals surface area contributed by atoms with E-state index in [1.54, 1.807) is 23.1 Å². The van der Waals surface area contributed by atoms with E-state index in [-0.39, 0.29) is 18.2 Å². The maximum absolute atomic E-state index is 13.7. The van der Waals surface area contributed by atoms with Crippen molar-refractivity contribution in [3.8, 4) is 0 Å². The lowest BCUT2D eigenvalue weighted by Gasteiger charge is -2.32. The van der Waals surface area contributed by atoms with E-state index in [0.29, 0.717) is 35.1 Å². The molecule has 3 aromatic carbocycles. The van der Waals surface area contributed by atoms with Gasteiger partial charge in [-0.15, -0.1) is 0 Å². The molecule has 0 fully saturated rings. The number of unbranched alkanes of at least 4 members (excludes halogenated alkanes) is 1. The molecule has 0 spiro atoms. The number of hydrogen-bond acceptors (Lipinski definition) is 2. The van der Waals surface area contributed by atoms with Crippen LogP contribution < -0.4 is 5.32 Å². The lowest BCUT2D eigenvalue weighted by molar-refractivity contribution is -0.140. The molecule has 0 aliphatic rings. The fourth-order valence-corrected chi connectivity index (χ4v) is 4.25. The second-order valence-corrected chi connectivity index (χ2v) is 9.11. The normalized spacial score (nSPS) is 11.6.